The first kappa shape index (κ1) is 24.9. The average Bonchev–Trinajstić information content (AvgIpc) is 3.35. The number of aromatic nitrogens is 1. The number of halogens is 2. The number of likely N-dealkylation sites (N-methyl/N-ethyl adjacent to an activating group) is 1. The highest BCUT2D eigenvalue weighted by Gasteiger charge is 2.33. The van der Waals surface area contributed by atoms with E-state index < -0.39 is 5.60 Å². The zero-order valence-electron chi connectivity index (χ0n) is 19.1. The Bertz CT molecular complexity index is 1300. The number of ether oxygens (including phenoxy) is 1. The zero-order chi connectivity index (χ0) is 23.2. The van der Waals surface area contributed by atoms with Crippen LogP contribution >= 0.6 is 46.7 Å². The van der Waals surface area contributed by atoms with Gasteiger partial charge in [-0.05, 0) is 69.3 Å². The van der Waals surface area contributed by atoms with Gasteiger partial charge in [0.1, 0.15) is 15.8 Å². The molecule has 0 aliphatic carbocycles. The van der Waals surface area contributed by atoms with Crippen LogP contribution in [-0.4, -0.2) is 35.0 Å². The van der Waals surface area contributed by atoms with E-state index >= 15 is 0 Å². The summed E-state index contributed by atoms with van der Waals surface area (Å²) >= 11 is 9.29. The van der Waals surface area contributed by atoms with Crippen LogP contribution in [0.1, 0.15) is 24.3 Å². The van der Waals surface area contributed by atoms with Crippen LogP contribution in [0.25, 0.3) is 20.8 Å². The van der Waals surface area contributed by atoms with E-state index in [9.17, 15) is 4.79 Å². The molecular formula is C25H25Cl2N3O2S2. The maximum atomic E-state index is 13.4. The fourth-order valence-corrected chi connectivity index (χ4v) is 6.48. The molecule has 3 heterocycles. The van der Waals surface area contributed by atoms with Crippen molar-refractivity contribution in [3.63, 3.8) is 0 Å². The van der Waals surface area contributed by atoms with Crippen LogP contribution in [0.2, 0.25) is 5.02 Å². The van der Waals surface area contributed by atoms with Crippen molar-refractivity contribution in [2.45, 2.75) is 32.4 Å². The second-order valence-electron chi connectivity index (χ2n) is 8.70. The van der Waals surface area contributed by atoms with Crippen LogP contribution in [0, 0.1) is 0 Å². The Morgan fingerprint density at radius 1 is 1.15 bits per heavy atom. The molecule has 0 spiro atoms. The first-order valence-corrected chi connectivity index (χ1v) is 12.8. The van der Waals surface area contributed by atoms with Gasteiger partial charge in [-0.3, -0.25) is 4.79 Å². The number of amides is 1. The van der Waals surface area contributed by atoms with Gasteiger partial charge in [-0.1, -0.05) is 23.7 Å². The molecule has 0 unspecified atom stereocenters. The zero-order valence-corrected chi connectivity index (χ0v) is 22.3. The van der Waals surface area contributed by atoms with Crippen LogP contribution < -0.4 is 10.1 Å². The standard InChI is InChI=1S/C25H24ClN3O2S2.ClH/c1-25(2,31-16-10-8-15(26)9-11-16)24(30)28-23-21(17-12-13-29(3)14-20(17)33-23)22-27-18-6-4-5-7-19(18)32-22;/h4-11H,12-14H2,1-3H3,(H,28,30);1H. The number of benzene rings is 2. The Labute approximate surface area is 218 Å². The molecule has 2 aromatic carbocycles. The van der Waals surface area contributed by atoms with Crippen molar-refractivity contribution in [2.24, 2.45) is 0 Å². The van der Waals surface area contributed by atoms with Crippen LogP contribution in [0.15, 0.2) is 48.5 Å². The largest absolute Gasteiger partial charge is 0.478 e. The van der Waals surface area contributed by atoms with E-state index in [4.69, 9.17) is 21.3 Å². The average molecular weight is 535 g/mol. The Balaban J connectivity index is 0.00000274. The lowest BCUT2D eigenvalue weighted by Crippen LogP contribution is -2.42. The normalized spacial score (nSPS) is 13.9. The van der Waals surface area contributed by atoms with Gasteiger partial charge in [0.15, 0.2) is 5.60 Å². The number of anilines is 1. The highest BCUT2D eigenvalue weighted by atomic mass is 35.5. The highest BCUT2D eigenvalue weighted by molar-refractivity contribution is 7.22. The van der Waals surface area contributed by atoms with E-state index in [0.717, 1.165) is 45.3 Å². The fraction of sp³-hybridized carbons (Fsp3) is 0.280. The first-order chi connectivity index (χ1) is 15.8. The number of thiazole rings is 1. The van der Waals surface area contributed by atoms with E-state index in [2.05, 4.69) is 23.3 Å². The summed E-state index contributed by atoms with van der Waals surface area (Å²) in [5.41, 5.74) is 2.26. The van der Waals surface area contributed by atoms with E-state index in [1.807, 2.05) is 18.2 Å². The Kier molecular flexibility index (Phi) is 7.22. The number of hydrogen-bond acceptors (Lipinski definition) is 6. The summed E-state index contributed by atoms with van der Waals surface area (Å²) in [6, 6.07) is 15.2. The number of thiophene rings is 1. The molecule has 1 aliphatic rings. The Morgan fingerprint density at radius 3 is 2.62 bits per heavy atom. The van der Waals surface area contributed by atoms with Crippen molar-refractivity contribution < 1.29 is 9.53 Å². The van der Waals surface area contributed by atoms with Gasteiger partial charge in [0.25, 0.3) is 5.91 Å². The molecule has 5 rings (SSSR count). The van der Waals surface area contributed by atoms with Crippen molar-refractivity contribution in [1.29, 1.82) is 0 Å². The van der Waals surface area contributed by atoms with Crippen LogP contribution in [-0.2, 0) is 17.8 Å². The number of nitrogens with zero attached hydrogens (tertiary/aromatic N) is 2. The maximum Gasteiger partial charge on any atom is 0.268 e. The van der Waals surface area contributed by atoms with Gasteiger partial charge in [-0.15, -0.1) is 35.1 Å². The predicted molar refractivity (Wildman–Crippen MR) is 145 cm³/mol. The molecule has 0 atom stereocenters. The van der Waals surface area contributed by atoms with Crippen molar-refractivity contribution in [2.75, 3.05) is 18.9 Å². The van der Waals surface area contributed by atoms with E-state index in [1.165, 1.54) is 10.4 Å². The highest BCUT2D eigenvalue weighted by Crippen LogP contribution is 2.45. The Morgan fingerprint density at radius 2 is 1.88 bits per heavy atom. The van der Waals surface area contributed by atoms with Crippen molar-refractivity contribution in [3.05, 3.63) is 64.0 Å². The van der Waals surface area contributed by atoms with E-state index in [1.54, 1.807) is 60.8 Å². The van der Waals surface area contributed by atoms with Gasteiger partial charge < -0.3 is 15.0 Å². The van der Waals surface area contributed by atoms with Gasteiger partial charge in [-0.25, -0.2) is 4.98 Å². The number of para-hydroxylation sites is 1. The monoisotopic (exact) mass is 533 g/mol. The van der Waals surface area contributed by atoms with Gasteiger partial charge in [0, 0.05) is 28.6 Å². The summed E-state index contributed by atoms with van der Waals surface area (Å²) in [6.45, 7) is 5.41. The van der Waals surface area contributed by atoms with Crippen molar-refractivity contribution in [3.8, 4) is 16.3 Å². The molecule has 0 saturated heterocycles. The summed E-state index contributed by atoms with van der Waals surface area (Å²) < 4.78 is 7.16. The van der Waals surface area contributed by atoms with Gasteiger partial charge in [0.05, 0.1) is 10.2 Å². The molecule has 178 valence electrons. The third kappa shape index (κ3) is 4.95. The molecule has 4 aromatic rings. The second-order valence-corrected chi connectivity index (χ2v) is 11.3. The lowest BCUT2D eigenvalue weighted by Gasteiger charge is -2.25. The molecule has 0 saturated carbocycles. The summed E-state index contributed by atoms with van der Waals surface area (Å²) in [7, 11) is 2.13. The third-order valence-corrected chi connectivity index (χ3v) is 8.15. The maximum absolute atomic E-state index is 13.4. The number of rotatable bonds is 5. The van der Waals surface area contributed by atoms with Crippen LogP contribution in [0.3, 0.4) is 0 Å². The SMILES string of the molecule is CN1CCc2c(sc(NC(=O)C(C)(C)Oc3ccc(Cl)cc3)c2-c2nc3ccccc3s2)C1.Cl. The van der Waals surface area contributed by atoms with E-state index in [0.29, 0.717) is 10.8 Å². The molecule has 1 aliphatic heterocycles. The van der Waals surface area contributed by atoms with Crippen LogP contribution in [0.4, 0.5) is 5.00 Å². The van der Waals surface area contributed by atoms with Gasteiger partial charge in [-0.2, -0.15) is 0 Å². The predicted octanol–water partition coefficient (Wildman–Crippen LogP) is 6.88. The van der Waals surface area contributed by atoms with Gasteiger partial charge >= 0.3 is 0 Å². The molecule has 0 fully saturated rings. The molecule has 1 N–H and O–H groups in total. The van der Waals surface area contributed by atoms with E-state index in [-0.39, 0.29) is 18.3 Å². The number of nitrogens with one attached hydrogen (secondary N) is 1. The minimum Gasteiger partial charge on any atom is -0.478 e. The summed E-state index contributed by atoms with van der Waals surface area (Å²) in [5.74, 6) is 0.393. The molecule has 0 radical (unpaired) electrons. The number of carbonyl (C=O) groups is 1. The smallest absolute Gasteiger partial charge is 0.268 e. The number of fused-ring (bicyclic) bond motifs is 2. The lowest BCUT2D eigenvalue weighted by molar-refractivity contribution is -0.128. The minimum absolute atomic E-state index is 0. The molecule has 5 nitrogen and oxygen atoms in total. The molecule has 9 heteroatoms. The fourth-order valence-electron chi connectivity index (χ4n) is 3.92. The topological polar surface area (TPSA) is 54.5 Å². The number of carbonyl (C=O) groups excluding carboxylic acids is 1. The molecule has 0 bridgehead atoms. The molecule has 2 aromatic heterocycles. The third-order valence-electron chi connectivity index (χ3n) is 5.72. The summed E-state index contributed by atoms with van der Waals surface area (Å²) in [4.78, 5) is 21.8. The second kappa shape index (κ2) is 9.84. The van der Waals surface area contributed by atoms with Crippen molar-refractivity contribution >= 4 is 67.8 Å². The molecular weight excluding hydrogens is 509 g/mol. The summed E-state index contributed by atoms with van der Waals surface area (Å²) in [6.07, 6.45) is 0.939. The lowest BCUT2D eigenvalue weighted by atomic mass is 10.0. The first-order valence-electron chi connectivity index (χ1n) is 10.8. The number of hydrogen-bond donors (Lipinski definition) is 1. The summed E-state index contributed by atoms with van der Waals surface area (Å²) in [5, 5.41) is 5.59. The molecule has 1 amide bonds. The van der Waals surface area contributed by atoms with Gasteiger partial charge in [0.2, 0.25) is 0 Å². The minimum atomic E-state index is -1.07. The van der Waals surface area contributed by atoms with Crippen LogP contribution in [0.5, 0.6) is 5.75 Å². The quantitative estimate of drug-likeness (QED) is 0.303. The molecule has 34 heavy (non-hydrogen) atoms. The Hall–Kier alpha value is -2.16. The van der Waals surface area contributed by atoms with Crippen molar-refractivity contribution in [1.82, 2.24) is 9.88 Å².